The van der Waals surface area contributed by atoms with Crippen molar-refractivity contribution in [2.75, 3.05) is 0 Å². The molecule has 124 valence electrons. The van der Waals surface area contributed by atoms with Crippen LogP contribution in [0.1, 0.15) is 29.1 Å². The molecule has 25 heavy (non-hydrogen) atoms. The van der Waals surface area contributed by atoms with E-state index < -0.39 is 0 Å². The normalized spacial score (nSPS) is 12.2. The average Bonchev–Trinajstić information content (AvgIpc) is 3.31. The lowest BCUT2D eigenvalue weighted by Gasteiger charge is -2.13. The molecular weight excluding hydrogens is 314 g/mol. The van der Waals surface area contributed by atoms with Crippen LogP contribution >= 0.6 is 0 Å². The largest absolute Gasteiger partial charge is 0.345 e. The smallest absolute Gasteiger partial charge is 0.252 e. The van der Waals surface area contributed by atoms with Gasteiger partial charge in [0.05, 0.1) is 22.6 Å². The van der Waals surface area contributed by atoms with Gasteiger partial charge in [-0.1, -0.05) is 30.3 Å². The van der Waals surface area contributed by atoms with E-state index in [1.54, 1.807) is 18.5 Å². The summed E-state index contributed by atoms with van der Waals surface area (Å²) in [6.45, 7) is 1.91. The van der Waals surface area contributed by atoms with E-state index in [1.807, 2.05) is 49.4 Å². The predicted molar refractivity (Wildman–Crippen MR) is 96.0 cm³/mol. The SMILES string of the molecule is CC(NC(=O)c1ccccc1-c1ncc[nH]1)c1nc2ccccc2[nH]1. The Kier molecular flexibility index (Phi) is 3.78. The molecule has 0 bridgehead atoms. The van der Waals surface area contributed by atoms with Gasteiger partial charge in [0, 0.05) is 18.0 Å². The number of nitrogens with one attached hydrogen (secondary N) is 3. The number of nitrogens with zero attached hydrogens (tertiary/aromatic N) is 2. The molecule has 6 nitrogen and oxygen atoms in total. The highest BCUT2D eigenvalue weighted by Crippen LogP contribution is 2.21. The Morgan fingerprint density at radius 2 is 1.92 bits per heavy atom. The molecule has 6 heteroatoms. The number of hydrogen-bond donors (Lipinski definition) is 3. The Morgan fingerprint density at radius 1 is 1.12 bits per heavy atom. The zero-order valence-corrected chi connectivity index (χ0v) is 13.7. The molecule has 3 N–H and O–H groups in total. The second kappa shape index (κ2) is 6.24. The molecule has 4 rings (SSSR count). The van der Waals surface area contributed by atoms with Crippen LogP contribution in [0.15, 0.2) is 60.9 Å². The van der Waals surface area contributed by atoms with Crippen molar-refractivity contribution in [3.63, 3.8) is 0 Å². The first-order valence-corrected chi connectivity index (χ1v) is 8.06. The lowest BCUT2D eigenvalue weighted by molar-refractivity contribution is 0.0939. The highest BCUT2D eigenvalue weighted by molar-refractivity contribution is 6.00. The minimum atomic E-state index is -0.246. The number of aromatic nitrogens is 4. The maximum Gasteiger partial charge on any atom is 0.252 e. The van der Waals surface area contributed by atoms with Gasteiger partial charge in [-0.3, -0.25) is 4.79 Å². The molecule has 0 aliphatic heterocycles. The van der Waals surface area contributed by atoms with E-state index in [0.717, 1.165) is 22.4 Å². The molecule has 0 aliphatic carbocycles. The number of H-pyrrole nitrogens is 2. The van der Waals surface area contributed by atoms with Crippen LogP contribution in [-0.2, 0) is 0 Å². The van der Waals surface area contributed by atoms with E-state index in [4.69, 9.17) is 0 Å². The highest BCUT2D eigenvalue weighted by atomic mass is 16.1. The average molecular weight is 331 g/mol. The Bertz CT molecular complexity index is 986. The zero-order valence-electron chi connectivity index (χ0n) is 13.7. The molecule has 1 amide bonds. The van der Waals surface area contributed by atoms with Crippen molar-refractivity contribution in [1.82, 2.24) is 25.3 Å². The molecule has 0 spiro atoms. The van der Waals surface area contributed by atoms with Gasteiger partial charge in [0.25, 0.3) is 5.91 Å². The number of aromatic amines is 2. The van der Waals surface area contributed by atoms with E-state index in [-0.39, 0.29) is 11.9 Å². The summed E-state index contributed by atoms with van der Waals surface area (Å²) in [6, 6.07) is 14.9. The second-order valence-electron chi connectivity index (χ2n) is 5.82. The molecule has 0 saturated carbocycles. The van der Waals surface area contributed by atoms with Crippen LogP contribution < -0.4 is 5.32 Å². The van der Waals surface area contributed by atoms with E-state index in [9.17, 15) is 4.79 Å². The van der Waals surface area contributed by atoms with Crippen LogP contribution in [0.25, 0.3) is 22.4 Å². The summed E-state index contributed by atoms with van der Waals surface area (Å²) in [5.74, 6) is 1.23. The van der Waals surface area contributed by atoms with Gasteiger partial charge in [-0.2, -0.15) is 0 Å². The molecule has 0 saturated heterocycles. The third-order valence-electron chi connectivity index (χ3n) is 4.09. The summed E-state index contributed by atoms with van der Waals surface area (Å²) >= 11 is 0. The number of fused-ring (bicyclic) bond motifs is 1. The van der Waals surface area contributed by atoms with Crippen molar-refractivity contribution in [1.29, 1.82) is 0 Å². The van der Waals surface area contributed by atoms with Crippen LogP contribution in [0.5, 0.6) is 0 Å². The lowest BCUT2D eigenvalue weighted by Crippen LogP contribution is -2.27. The van der Waals surface area contributed by atoms with Crippen LogP contribution in [-0.4, -0.2) is 25.8 Å². The van der Waals surface area contributed by atoms with Gasteiger partial charge in [-0.25, -0.2) is 9.97 Å². The fourth-order valence-corrected chi connectivity index (χ4v) is 2.82. The van der Waals surface area contributed by atoms with Crippen LogP contribution in [0, 0.1) is 0 Å². The third-order valence-corrected chi connectivity index (χ3v) is 4.09. The Balaban J connectivity index is 1.60. The first-order chi connectivity index (χ1) is 12.2. The number of hydrogen-bond acceptors (Lipinski definition) is 3. The Labute approximate surface area is 144 Å². The minimum absolute atomic E-state index is 0.167. The lowest BCUT2D eigenvalue weighted by atomic mass is 10.1. The summed E-state index contributed by atoms with van der Waals surface area (Å²) in [7, 11) is 0. The number of amides is 1. The van der Waals surface area contributed by atoms with Gasteiger partial charge in [0.15, 0.2) is 0 Å². The number of rotatable bonds is 4. The molecule has 0 aliphatic rings. The number of para-hydroxylation sites is 2. The Morgan fingerprint density at radius 3 is 2.72 bits per heavy atom. The van der Waals surface area contributed by atoms with Crippen LogP contribution in [0.4, 0.5) is 0 Å². The quantitative estimate of drug-likeness (QED) is 0.535. The fraction of sp³-hybridized carbons (Fsp3) is 0.105. The zero-order chi connectivity index (χ0) is 17.2. The second-order valence-corrected chi connectivity index (χ2v) is 5.82. The van der Waals surface area contributed by atoms with E-state index in [2.05, 4.69) is 25.3 Å². The monoisotopic (exact) mass is 331 g/mol. The predicted octanol–water partition coefficient (Wildman–Crippen LogP) is 3.44. The number of benzene rings is 2. The van der Waals surface area contributed by atoms with Gasteiger partial charge in [0.2, 0.25) is 0 Å². The van der Waals surface area contributed by atoms with Crippen molar-refractivity contribution in [2.45, 2.75) is 13.0 Å². The van der Waals surface area contributed by atoms with Gasteiger partial charge in [-0.05, 0) is 25.1 Å². The summed E-state index contributed by atoms with van der Waals surface area (Å²) in [5.41, 5.74) is 3.17. The molecule has 2 heterocycles. The minimum Gasteiger partial charge on any atom is -0.345 e. The van der Waals surface area contributed by atoms with E-state index in [1.165, 1.54) is 0 Å². The van der Waals surface area contributed by atoms with E-state index in [0.29, 0.717) is 11.4 Å². The van der Waals surface area contributed by atoms with Gasteiger partial charge < -0.3 is 15.3 Å². The molecule has 1 unspecified atom stereocenters. The van der Waals surface area contributed by atoms with Crippen molar-refractivity contribution >= 4 is 16.9 Å². The molecular formula is C19H17N5O. The summed E-state index contributed by atoms with van der Waals surface area (Å²) in [5, 5.41) is 3.00. The van der Waals surface area contributed by atoms with Crippen molar-refractivity contribution in [3.05, 3.63) is 72.3 Å². The number of carbonyl (C=O) groups is 1. The third kappa shape index (κ3) is 2.89. The first-order valence-electron chi connectivity index (χ1n) is 8.06. The van der Waals surface area contributed by atoms with Crippen molar-refractivity contribution in [2.24, 2.45) is 0 Å². The van der Waals surface area contributed by atoms with Gasteiger partial charge in [-0.15, -0.1) is 0 Å². The van der Waals surface area contributed by atoms with E-state index >= 15 is 0 Å². The van der Waals surface area contributed by atoms with Crippen LogP contribution in [0.2, 0.25) is 0 Å². The maximum atomic E-state index is 12.8. The first kappa shape index (κ1) is 15.1. The molecule has 0 fully saturated rings. The van der Waals surface area contributed by atoms with Crippen LogP contribution in [0.3, 0.4) is 0 Å². The molecule has 2 aromatic carbocycles. The Hall–Kier alpha value is -3.41. The molecule has 4 aromatic rings. The fourth-order valence-electron chi connectivity index (χ4n) is 2.82. The molecule has 0 radical (unpaired) electrons. The van der Waals surface area contributed by atoms with Crippen molar-refractivity contribution in [3.8, 4) is 11.4 Å². The molecule has 2 aromatic heterocycles. The van der Waals surface area contributed by atoms with Gasteiger partial charge in [0.1, 0.15) is 11.6 Å². The summed E-state index contributed by atoms with van der Waals surface area (Å²) in [4.78, 5) is 27.8. The number of carbonyl (C=O) groups excluding carboxylic acids is 1. The maximum absolute atomic E-state index is 12.8. The summed E-state index contributed by atoms with van der Waals surface area (Å²) < 4.78 is 0. The standard InChI is InChI=1S/C19H17N5O/c1-12(17-23-15-8-4-5-9-16(15)24-17)22-19(25)14-7-3-2-6-13(14)18-20-10-11-21-18/h2-12H,1H3,(H,20,21)(H,22,25)(H,23,24). The van der Waals surface area contributed by atoms with Crippen molar-refractivity contribution < 1.29 is 4.79 Å². The summed E-state index contributed by atoms with van der Waals surface area (Å²) in [6.07, 6.45) is 3.40. The molecule has 1 atom stereocenters. The number of imidazole rings is 2. The topological polar surface area (TPSA) is 86.5 Å². The highest BCUT2D eigenvalue weighted by Gasteiger charge is 2.18. The van der Waals surface area contributed by atoms with Gasteiger partial charge >= 0.3 is 0 Å².